The van der Waals surface area contributed by atoms with Gasteiger partial charge in [-0.15, -0.1) is 0 Å². The van der Waals surface area contributed by atoms with Crippen LogP contribution in [0.15, 0.2) is 29.3 Å². The second kappa shape index (κ2) is 5.56. The molecule has 1 atom stereocenters. The zero-order valence-electron chi connectivity index (χ0n) is 13.0. The first kappa shape index (κ1) is 15.6. The third-order valence-corrected chi connectivity index (χ3v) is 6.02. The quantitative estimate of drug-likeness (QED) is 0.812. The van der Waals surface area contributed by atoms with Gasteiger partial charge in [0.05, 0.1) is 25.0 Å². The molecule has 0 spiro atoms. The molecule has 2 aromatic rings. The number of rotatable bonds is 2. The number of anilines is 1. The minimum atomic E-state index is -3.84. The summed E-state index contributed by atoms with van der Waals surface area (Å²) in [4.78, 5) is 0.0715. The zero-order valence-corrected chi connectivity index (χ0v) is 14.5. The molecule has 128 valence electrons. The fraction of sp³-hybridized carbons (Fsp3) is 0.400. The van der Waals surface area contributed by atoms with E-state index in [9.17, 15) is 8.42 Å². The maximum absolute atomic E-state index is 13.2. The average molecular weight is 370 g/mol. The molecular weight excluding hydrogens is 354 g/mol. The number of hydrogen-bond acceptors (Lipinski definition) is 5. The molecule has 2 aliphatic rings. The molecule has 1 unspecified atom stereocenters. The van der Waals surface area contributed by atoms with Crippen molar-refractivity contribution in [2.24, 2.45) is 0 Å². The minimum Gasteiger partial charge on any atom is -0.487 e. The van der Waals surface area contributed by atoms with Crippen LogP contribution in [0, 0.1) is 0 Å². The van der Waals surface area contributed by atoms with Gasteiger partial charge in [0.15, 0.2) is 4.90 Å². The SMILES string of the molecule is CC1CN(S(=O)(=O)c2cnn3c2OCCC3)c2cc(Cl)ccc2O1. The first-order chi connectivity index (χ1) is 11.5. The van der Waals surface area contributed by atoms with Crippen LogP contribution in [0.25, 0.3) is 0 Å². The molecule has 0 aliphatic carbocycles. The summed E-state index contributed by atoms with van der Waals surface area (Å²) >= 11 is 6.05. The maximum atomic E-state index is 13.2. The lowest BCUT2D eigenvalue weighted by atomic mass is 10.2. The van der Waals surface area contributed by atoms with Crippen molar-refractivity contribution in [1.29, 1.82) is 0 Å². The molecular formula is C15H16ClN3O4S. The summed E-state index contributed by atoms with van der Waals surface area (Å²) < 4.78 is 40.6. The number of fused-ring (bicyclic) bond motifs is 2. The number of aryl methyl sites for hydroxylation is 1. The molecule has 24 heavy (non-hydrogen) atoms. The number of hydrogen-bond donors (Lipinski definition) is 0. The summed E-state index contributed by atoms with van der Waals surface area (Å²) in [5.41, 5.74) is 0.427. The monoisotopic (exact) mass is 369 g/mol. The van der Waals surface area contributed by atoms with Crippen LogP contribution in [0.1, 0.15) is 13.3 Å². The van der Waals surface area contributed by atoms with Gasteiger partial charge in [0.25, 0.3) is 10.0 Å². The first-order valence-corrected chi connectivity index (χ1v) is 9.46. The first-order valence-electron chi connectivity index (χ1n) is 7.64. The number of ether oxygens (including phenoxy) is 2. The summed E-state index contributed by atoms with van der Waals surface area (Å²) in [5.74, 6) is 0.785. The smallest absolute Gasteiger partial charge is 0.271 e. The molecule has 0 saturated heterocycles. The summed E-state index contributed by atoms with van der Waals surface area (Å²) in [5, 5.41) is 4.58. The number of nitrogens with zero attached hydrogens (tertiary/aromatic N) is 3. The molecule has 1 aromatic carbocycles. The van der Waals surface area contributed by atoms with Crippen molar-refractivity contribution >= 4 is 27.3 Å². The molecule has 0 radical (unpaired) electrons. The molecule has 3 heterocycles. The third-order valence-electron chi connectivity index (χ3n) is 4.02. The Morgan fingerprint density at radius 3 is 3.04 bits per heavy atom. The van der Waals surface area contributed by atoms with Crippen LogP contribution in [-0.4, -0.2) is 37.5 Å². The Morgan fingerprint density at radius 2 is 2.21 bits per heavy atom. The van der Waals surface area contributed by atoms with Gasteiger partial charge in [0.2, 0.25) is 5.88 Å². The number of benzene rings is 1. The van der Waals surface area contributed by atoms with Crippen LogP contribution in [0.2, 0.25) is 5.02 Å². The molecule has 0 fully saturated rings. The summed E-state index contributed by atoms with van der Waals surface area (Å²) in [6.45, 7) is 3.15. The van der Waals surface area contributed by atoms with Crippen molar-refractivity contribution in [3.05, 3.63) is 29.4 Å². The van der Waals surface area contributed by atoms with Gasteiger partial charge in [0.1, 0.15) is 11.9 Å². The van der Waals surface area contributed by atoms with Crippen molar-refractivity contribution in [3.63, 3.8) is 0 Å². The highest BCUT2D eigenvalue weighted by atomic mass is 35.5. The van der Waals surface area contributed by atoms with E-state index in [1.807, 2.05) is 6.92 Å². The fourth-order valence-corrected chi connectivity index (χ4v) is 4.72. The largest absolute Gasteiger partial charge is 0.487 e. The Hall–Kier alpha value is -1.93. The second-order valence-electron chi connectivity index (χ2n) is 5.82. The minimum absolute atomic E-state index is 0.0715. The van der Waals surface area contributed by atoms with E-state index in [2.05, 4.69) is 5.10 Å². The van der Waals surface area contributed by atoms with Gasteiger partial charge in [-0.25, -0.2) is 13.1 Å². The second-order valence-corrected chi connectivity index (χ2v) is 8.08. The Kier molecular flexibility index (Phi) is 3.61. The van der Waals surface area contributed by atoms with Gasteiger partial charge in [0, 0.05) is 18.0 Å². The van der Waals surface area contributed by atoms with Gasteiger partial charge in [-0.05, 0) is 25.1 Å². The molecule has 4 rings (SSSR count). The lowest BCUT2D eigenvalue weighted by Crippen LogP contribution is -2.42. The number of halogens is 1. The number of sulfonamides is 1. The van der Waals surface area contributed by atoms with Crippen molar-refractivity contribution in [2.75, 3.05) is 17.5 Å². The van der Waals surface area contributed by atoms with Crippen LogP contribution >= 0.6 is 11.6 Å². The van der Waals surface area contributed by atoms with E-state index < -0.39 is 10.0 Å². The van der Waals surface area contributed by atoms with Gasteiger partial charge >= 0.3 is 0 Å². The van der Waals surface area contributed by atoms with E-state index in [4.69, 9.17) is 21.1 Å². The van der Waals surface area contributed by atoms with Crippen molar-refractivity contribution in [1.82, 2.24) is 9.78 Å². The molecule has 0 amide bonds. The van der Waals surface area contributed by atoms with Gasteiger partial charge in [-0.3, -0.25) is 4.31 Å². The van der Waals surface area contributed by atoms with Crippen LogP contribution in [0.4, 0.5) is 5.69 Å². The van der Waals surface area contributed by atoms with Crippen LogP contribution in [0.5, 0.6) is 11.6 Å². The van der Waals surface area contributed by atoms with Crippen molar-refractivity contribution < 1.29 is 17.9 Å². The van der Waals surface area contributed by atoms with Gasteiger partial charge in [-0.1, -0.05) is 11.6 Å². The van der Waals surface area contributed by atoms with Gasteiger partial charge in [-0.2, -0.15) is 5.10 Å². The summed E-state index contributed by atoms with van der Waals surface area (Å²) in [6, 6.07) is 4.95. The highest BCUT2D eigenvalue weighted by Crippen LogP contribution is 2.40. The maximum Gasteiger partial charge on any atom is 0.271 e. The van der Waals surface area contributed by atoms with Gasteiger partial charge < -0.3 is 9.47 Å². The fourth-order valence-electron chi connectivity index (χ4n) is 2.94. The lowest BCUT2D eigenvalue weighted by Gasteiger charge is -2.34. The van der Waals surface area contributed by atoms with Crippen LogP contribution in [-0.2, 0) is 16.6 Å². The van der Waals surface area contributed by atoms with E-state index in [-0.39, 0.29) is 17.5 Å². The Balaban J connectivity index is 1.83. The van der Waals surface area contributed by atoms with E-state index in [0.717, 1.165) is 6.42 Å². The molecule has 7 nitrogen and oxygen atoms in total. The molecule has 0 saturated carbocycles. The molecule has 9 heteroatoms. The van der Waals surface area contributed by atoms with E-state index >= 15 is 0 Å². The van der Waals surface area contributed by atoms with Crippen molar-refractivity contribution in [2.45, 2.75) is 30.9 Å². The summed E-state index contributed by atoms with van der Waals surface area (Å²) in [6.07, 6.45) is 1.88. The molecule has 2 aliphatic heterocycles. The van der Waals surface area contributed by atoms with E-state index in [1.165, 1.54) is 10.5 Å². The lowest BCUT2D eigenvalue weighted by molar-refractivity contribution is 0.218. The predicted octanol–water partition coefficient (Wildman–Crippen LogP) is 2.30. The standard InChI is InChI=1S/C15H16ClN3O4S/c1-10-9-19(12-7-11(16)3-4-13(12)23-10)24(20,21)14-8-17-18-5-2-6-22-15(14)18/h3-4,7-8,10H,2,5-6,9H2,1H3. The Morgan fingerprint density at radius 1 is 1.38 bits per heavy atom. The molecule has 0 bridgehead atoms. The van der Waals surface area contributed by atoms with E-state index in [1.54, 1.807) is 22.9 Å². The van der Waals surface area contributed by atoms with Crippen LogP contribution in [0.3, 0.4) is 0 Å². The topological polar surface area (TPSA) is 73.7 Å². The number of aromatic nitrogens is 2. The Labute approximate surface area is 144 Å². The third kappa shape index (κ3) is 2.41. The highest BCUT2D eigenvalue weighted by molar-refractivity contribution is 7.93. The average Bonchev–Trinajstić information content (AvgIpc) is 2.99. The highest BCUT2D eigenvalue weighted by Gasteiger charge is 2.37. The molecule has 0 N–H and O–H groups in total. The van der Waals surface area contributed by atoms with Crippen molar-refractivity contribution in [3.8, 4) is 11.6 Å². The van der Waals surface area contributed by atoms with E-state index in [0.29, 0.717) is 35.5 Å². The zero-order chi connectivity index (χ0) is 16.9. The predicted molar refractivity (Wildman–Crippen MR) is 88.4 cm³/mol. The molecule has 1 aromatic heterocycles. The summed E-state index contributed by atoms with van der Waals surface area (Å²) in [7, 11) is -3.84. The van der Waals surface area contributed by atoms with Crippen LogP contribution < -0.4 is 13.8 Å². The Bertz CT molecular complexity index is 896. The normalized spacial score (nSPS) is 19.9.